The molecule has 5 nitrogen and oxygen atoms in total. The van der Waals surface area contributed by atoms with E-state index in [0.717, 1.165) is 31.9 Å². The lowest BCUT2D eigenvalue weighted by molar-refractivity contribution is -0.130. The number of rotatable bonds is 2. The summed E-state index contributed by atoms with van der Waals surface area (Å²) in [6, 6.07) is 2.87. The van der Waals surface area contributed by atoms with Gasteiger partial charge in [0, 0.05) is 30.7 Å². The second kappa shape index (κ2) is 6.02. The molecule has 1 N–H and O–H groups in total. The van der Waals surface area contributed by atoms with Gasteiger partial charge in [-0.2, -0.15) is 0 Å². The number of hydrogen-bond acceptors (Lipinski definition) is 3. The second-order valence-corrected chi connectivity index (χ2v) is 6.21. The van der Waals surface area contributed by atoms with Crippen LogP contribution in [0.25, 0.3) is 0 Å². The van der Waals surface area contributed by atoms with Crippen molar-refractivity contribution in [2.24, 2.45) is 0 Å². The highest BCUT2D eigenvalue weighted by Gasteiger charge is 2.39. The Balaban J connectivity index is 1.59. The molecule has 2 amide bonds. The van der Waals surface area contributed by atoms with Gasteiger partial charge in [-0.3, -0.25) is 14.6 Å². The van der Waals surface area contributed by atoms with Crippen LogP contribution < -0.4 is 5.32 Å². The van der Waals surface area contributed by atoms with Crippen LogP contribution in [-0.2, 0) is 16.0 Å². The van der Waals surface area contributed by atoms with Crippen molar-refractivity contribution in [2.75, 3.05) is 13.1 Å². The van der Waals surface area contributed by atoms with E-state index >= 15 is 0 Å². The molecule has 3 heterocycles. The molecule has 1 unspecified atom stereocenters. The van der Waals surface area contributed by atoms with E-state index in [1.165, 1.54) is 6.07 Å². The van der Waals surface area contributed by atoms with E-state index in [1.54, 1.807) is 6.07 Å². The standard InChI is InChI=1S/C16H20FN3O2/c17-12-2-3-13(18-11-12)10-15(22)20-8-1-5-16(7-9-20)6-4-14(21)19-16/h2-3,11H,1,4-10H2,(H,19,21). The molecular weight excluding hydrogens is 285 g/mol. The first-order valence-electron chi connectivity index (χ1n) is 7.76. The number of nitrogens with one attached hydrogen (secondary N) is 1. The first-order chi connectivity index (χ1) is 10.6. The van der Waals surface area contributed by atoms with Gasteiger partial charge in [-0.05, 0) is 37.8 Å². The monoisotopic (exact) mass is 305 g/mol. The first kappa shape index (κ1) is 14.9. The minimum Gasteiger partial charge on any atom is -0.351 e. The average molecular weight is 305 g/mol. The molecule has 2 aliphatic rings. The van der Waals surface area contributed by atoms with E-state index < -0.39 is 5.82 Å². The number of carbonyl (C=O) groups is 2. The normalized spacial score (nSPS) is 25.1. The fourth-order valence-electron chi connectivity index (χ4n) is 3.37. The molecule has 0 aliphatic carbocycles. The third kappa shape index (κ3) is 3.26. The smallest absolute Gasteiger partial charge is 0.228 e. The quantitative estimate of drug-likeness (QED) is 0.899. The summed E-state index contributed by atoms with van der Waals surface area (Å²) in [7, 11) is 0. The zero-order valence-electron chi connectivity index (χ0n) is 12.5. The predicted molar refractivity (Wildman–Crippen MR) is 78.4 cm³/mol. The van der Waals surface area contributed by atoms with E-state index in [-0.39, 0.29) is 23.8 Å². The molecule has 118 valence electrons. The van der Waals surface area contributed by atoms with Crippen molar-refractivity contribution in [1.82, 2.24) is 15.2 Å². The van der Waals surface area contributed by atoms with Crippen molar-refractivity contribution in [3.8, 4) is 0 Å². The molecule has 1 spiro atoms. The van der Waals surface area contributed by atoms with E-state index in [9.17, 15) is 14.0 Å². The maximum atomic E-state index is 12.8. The summed E-state index contributed by atoms with van der Waals surface area (Å²) in [4.78, 5) is 29.6. The van der Waals surface area contributed by atoms with Gasteiger partial charge in [0.15, 0.2) is 0 Å². The highest BCUT2D eigenvalue weighted by Crippen LogP contribution is 2.31. The van der Waals surface area contributed by atoms with Crippen molar-refractivity contribution >= 4 is 11.8 Å². The first-order valence-corrected chi connectivity index (χ1v) is 7.76. The zero-order valence-corrected chi connectivity index (χ0v) is 12.5. The van der Waals surface area contributed by atoms with Crippen LogP contribution in [0.2, 0.25) is 0 Å². The number of carbonyl (C=O) groups excluding carboxylic acids is 2. The SMILES string of the molecule is O=C1CCC2(CCCN(C(=O)Cc3ccc(F)cn3)CC2)N1. The van der Waals surface area contributed by atoms with Crippen LogP contribution >= 0.6 is 0 Å². The Morgan fingerprint density at radius 1 is 1.32 bits per heavy atom. The Bertz CT molecular complexity index is 575. The zero-order chi connectivity index (χ0) is 15.6. The molecule has 0 aromatic carbocycles. The van der Waals surface area contributed by atoms with Crippen LogP contribution in [-0.4, -0.2) is 40.3 Å². The van der Waals surface area contributed by atoms with Gasteiger partial charge in [-0.1, -0.05) is 0 Å². The summed E-state index contributed by atoms with van der Waals surface area (Å²) >= 11 is 0. The largest absolute Gasteiger partial charge is 0.351 e. The van der Waals surface area contributed by atoms with Gasteiger partial charge in [-0.25, -0.2) is 4.39 Å². The topological polar surface area (TPSA) is 62.3 Å². The number of aromatic nitrogens is 1. The number of pyridine rings is 1. The second-order valence-electron chi connectivity index (χ2n) is 6.21. The molecule has 1 aromatic heterocycles. The predicted octanol–water partition coefficient (Wildman–Crippen LogP) is 1.42. The summed E-state index contributed by atoms with van der Waals surface area (Å²) in [6.07, 6.45) is 5.41. The third-order valence-electron chi connectivity index (χ3n) is 4.65. The van der Waals surface area contributed by atoms with Crippen molar-refractivity contribution in [1.29, 1.82) is 0 Å². The lowest BCUT2D eigenvalue weighted by Crippen LogP contribution is -2.42. The van der Waals surface area contributed by atoms with Crippen LogP contribution in [0.5, 0.6) is 0 Å². The molecule has 1 atom stereocenters. The molecule has 2 saturated heterocycles. The third-order valence-corrected chi connectivity index (χ3v) is 4.65. The molecule has 1 aromatic rings. The van der Waals surface area contributed by atoms with Crippen LogP contribution in [0.1, 0.15) is 37.8 Å². The Hall–Kier alpha value is -1.98. The van der Waals surface area contributed by atoms with Gasteiger partial charge in [0.05, 0.1) is 12.6 Å². The summed E-state index contributed by atoms with van der Waals surface area (Å²) in [5.74, 6) is -0.263. The van der Waals surface area contributed by atoms with Crippen molar-refractivity contribution < 1.29 is 14.0 Å². The molecule has 6 heteroatoms. The fourth-order valence-corrected chi connectivity index (χ4v) is 3.37. The minimum atomic E-state index is -0.398. The molecule has 0 saturated carbocycles. The number of halogens is 1. The number of likely N-dealkylation sites (tertiary alicyclic amines) is 1. The minimum absolute atomic E-state index is 0.0143. The highest BCUT2D eigenvalue weighted by atomic mass is 19.1. The molecule has 22 heavy (non-hydrogen) atoms. The van der Waals surface area contributed by atoms with Crippen LogP contribution in [0.3, 0.4) is 0 Å². The van der Waals surface area contributed by atoms with E-state index in [4.69, 9.17) is 0 Å². The van der Waals surface area contributed by atoms with Crippen molar-refractivity contribution in [3.05, 3.63) is 29.8 Å². The fraction of sp³-hybridized carbons (Fsp3) is 0.562. The maximum absolute atomic E-state index is 12.8. The van der Waals surface area contributed by atoms with E-state index in [2.05, 4.69) is 10.3 Å². The molecule has 0 radical (unpaired) electrons. The number of amides is 2. The highest BCUT2D eigenvalue weighted by molar-refractivity contribution is 5.80. The van der Waals surface area contributed by atoms with Gasteiger partial charge >= 0.3 is 0 Å². The summed E-state index contributed by atoms with van der Waals surface area (Å²) in [6.45, 7) is 1.36. The van der Waals surface area contributed by atoms with E-state index in [1.807, 2.05) is 4.90 Å². The number of hydrogen-bond donors (Lipinski definition) is 1. The van der Waals surface area contributed by atoms with Crippen molar-refractivity contribution in [3.63, 3.8) is 0 Å². The van der Waals surface area contributed by atoms with Crippen LogP contribution in [0.4, 0.5) is 4.39 Å². The Kier molecular flexibility index (Phi) is 4.09. The molecule has 2 fully saturated rings. The van der Waals surface area contributed by atoms with Gasteiger partial charge in [0.25, 0.3) is 0 Å². The lowest BCUT2D eigenvalue weighted by atomic mass is 9.89. The van der Waals surface area contributed by atoms with Crippen LogP contribution in [0.15, 0.2) is 18.3 Å². The Labute approximate surface area is 128 Å². The summed E-state index contributed by atoms with van der Waals surface area (Å²) in [5.41, 5.74) is 0.472. The average Bonchev–Trinajstić information content (AvgIpc) is 2.73. The van der Waals surface area contributed by atoms with E-state index in [0.29, 0.717) is 25.2 Å². The van der Waals surface area contributed by atoms with Crippen molar-refractivity contribution in [2.45, 2.75) is 44.1 Å². The van der Waals surface area contributed by atoms with Gasteiger partial charge < -0.3 is 10.2 Å². The Morgan fingerprint density at radius 3 is 2.86 bits per heavy atom. The molecule has 0 bridgehead atoms. The molecular formula is C16H20FN3O2. The summed E-state index contributed by atoms with van der Waals surface area (Å²) < 4.78 is 12.8. The molecule has 2 aliphatic heterocycles. The maximum Gasteiger partial charge on any atom is 0.228 e. The van der Waals surface area contributed by atoms with Gasteiger partial charge in [0.1, 0.15) is 5.82 Å². The van der Waals surface area contributed by atoms with Gasteiger partial charge in [-0.15, -0.1) is 0 Å². The molecule has 3 rings (SSSR count). The lowest BCUT2D eigenvalue weighted by Gasteiger charge is -2.27. The Morgan fingerprint density at radius 2 is 2.18 bits per heavy atom. The van der Waals surface area contributed by atoms with Gasteiger partial charge in [0.2, 0.25) is 11.8 Å². The van der Waals surface area contributed by atoms with Crippen LogP contribution in [0, 0.1) is 5.82 Å². The summed E-state index contributed by atoms with van der Waals surface area (Å²) in [5, 5.41) is 3.09. The number of nitrogens with zero attached hydrogens (tertiary/aromatic N) is 2.